The second-order valence-electron chi connectivity index (χ2n) is 2.31. The molecule has 0 saturated heterocycles. The van der Waals surface area contributed by atoms with Gasteiger partial charge in [-0.05, 0) is 17.7 Å². The highest BCUT2D eigenvalue weighted by Gasteiger charge is 1.94. The Morgan fingerprint density at radius 1 is 1.55 bits per heavy atom. The van der Waals surface area contributed by atoms with E-state index in [2.05, 4.69) is 0 Å². The first kappa shape index (κ1) is 8.01. The molecule has 0 atom stereocenters. The van der Waals surface area contributed by atoms with Crippen LogP contribution in [-0.4, -0.2) is 10.1 Å². The number of nitrogens with two attached hydrogens (primary N) is 1. The lowest BCUT2D eigenvalue weighted by Crippen LogP contribution is -2.10. The molecule has 11 heavy (non-hydrogen) atoms. The summed E-state index contributed by atoms with van der Waals surface area (Å²) in [6.45, 7) is 0. The van der Waals surface area contributed by atoms with Crippen LogP contribution in [-0.2, 0) is 6.42 Å². The van der Waals surface area contributed by atoms with Gasteiger partial charge in [-0.1, -0.05) is 24.4 Å². The highest BCUT2D eigenvalue weighted by atomic mass is 32.1. The summed E-state index contributed by atoms with van der Waals surface area (Å²) in [7, 11) is 0. The van der Waals surface area contributed by atoms with Crippen molar-refractivity contribution in [1.29, 1.82) is 0 Å². The summed E-state index contributed by atoms with van der Waals surface area (Å²) in [5.74, 6) is 0.249. The zero-order valence-electron chi connectivity index (χ0n) is 5.95. The van der Waals surface area contributed by atoms with Gasteiger partial charge >= 0.3 is 0 Å². The Labute approximate surface area is 70.7 Å². The van der Waals surface area contributed by atoms with Crippen LogP contribution in [0.4, 0.5) is 0 Å². The van der Waals surface area contributed by atoms with Crippen LogP contribution in [0.1, 0.15) is 5.56 Å². The van der Waals surface area contributed by atoms with Crippen molar-refractivity contribution in [2.75, 3.05) is 0 Å². The Hall–Kier alpha value is -1.09. The van der Waals surface area contributed by atoms with Gasteiger partial charge in [0.25, 0.3) is 0 Å². The van der Waals surface area contributed by atoms with Crippen LogP contribution < -0.4 is 5.73 Å². The lowest BCUT2D eigenvalue weighted by Gasteiger charge is -1.98. The second-order valence-corrected chi connectivity index (χ2v) is 2.84. The van der Waals surface area contributed by atoms with Crippen molar-refractivity contribution in [3.05, 3.63) is 29.8 Å². The monoisotopic (exact) mass is 167 g/mol. The van der Waals surface area contributed by atoms with E-state index in [1.807, 2.05) is 6.07 Å². The van der Waals surface area contributed by atoms with Gasteiger partial charge in [-0.2, -0.15) is 0 Å². The summed E-state index contributed by atoms with van der Waals surface area (Å²) < 4.78 is 0. The normalized spacial score (nSPS) is 9.45. The molecule has 0 spiro atoms. The Morgan fingerprint density at radius 3 is 2.82 bits per heavy atom. The van der Waals surface area contributed by atoms with E-state index in [0.29, 0.717) is 11.4 Å². The topological polar surface area (TPSA) is 46.2 Å². The van der Waals surface area contributed by atoms with E-state index >= 15 is 0 Å². The number of hydrogen-bond donors (Lipinski definition) is 2. The van der Waals surface area contributed by atoms with Gasteiger partial charge in [0, 0.05) is 6.42 Å². The maximum absolute atomic E-state index is 9.04. The van der Waals surface area contributed by atoms with Gasteiger partial charge in [0.15, 0.2) is 0 Å². The molecule has 1 rings (SSSR count). The minimum atomic E-state index is 0.249. The quantitative estimate of drug-likeness (QED) is 0.651. The van der Waals surface area contributed by atoms with E-state index in [9.17, 15) is 0 Å². The lowest BCUT2D eigenvalue weighted by atomic mass is 10.1. The molecule has 0 aliphatic rings. The Bertz CT molecular complexity index is 273. The molecule has 3 N–H and O–H groups in total. The molecule has 3 heteroatoms. The average molecular weight is 167 g/mol. The molecule has 0 heterocycles. The predicted molar refractivity (Wildman–Crippen MR) is 48.6 cm³/mol. The summed E-state index contributed by atoms with van der Waals surface area (Å²) in [4.78, 5) is 0.440. The summed E-state index contributed by atoms with van der Waals surface area (Å²) in [6, 6.07) is 6.91. The summed E-state index contributed by atoms with van der Waals surface area (Å²) >= 11 is 4.72. The standard InChI is InChI=1S/C8H9NOS/c9-8(11)5-6-2-1-3-7(10)4-6/h1-4,10H,5H2,(H2,9,11). The molecule has 0 bridgehead atoms. The molecule has 0 radical (unpaired) electrons. The van der Waals surface area contributed by atoms with Gasteiger partial charge in [0.05, 0.1) is 4.99 Å². The zero-order valence-corrected chi connectivity index (χ0v) is 6.77. The molecule has 1 aromatic rings. The molecule has 1 aromatic carbocycles. The fraction of sp³-hybridized carbons (Fsp3) is 0.125. The van der Waals surface area contributed by atoms with Crippen LogP contribution in [0.5, 0.6) is 5.75 Å². The van der Waals surface area contributed by atoms with Crippen molar-refractivity contribution in [1.82, 2.24) is 0 Å². The van der Waals surface area contributed by atoms with E-state index in [-0.39, 0.29) is 5.75 Å². The molecule has 2 nitrogen and oxygen atoms in total. The molecule has 0 fully saturated rings. The number of phenolic OH excluding ortho intramolecular Hbond substituents is 1. The van der Waals surface area contributed by atoms with Crippen molar-refractivity contribution in [3.63, 3.8) is 0 Å². The first-order chi connectivity index (χ1) is 5.18. The number of rotatable bonds is 2. The Kier molecular flexibility index (Phi) is 2.44. The SMILES string of the molecule is NC(=S)Cc1cccc(O)c1. The number of thiocarbonyl (C=S) groups is 1. The number of benzene rings is 1. The van der Waals surface area contributed by atoms with Crippen molar-refractivity contribution in [3.8, 4) is 5.75 Å². The van der Waals surface area contributed by atoms with Crippen LogP contribution >= 0.6 is 12.2 Å². The average Bonchev–Trinajstić information content (AvgIpc) is 1.85. The number of aromatic hydroxyl groups is 1. The molecule has 0 aromatic heterocycles. The van der Waals surface area contributed by atoms with Crippen LogP contribution in [0.3, 0.4) is 0 Å². The maximum atomic E-state index is 9.04. The molecular weight excluding hydrogens is 158 g/mol. The van der Waals surface area contributed by atoms with Gasteiger partial charge in [0.1, 0.15) is 5.75 Å². The highest BCUT2D eigenvalue weighted by molar-refractivity contribution is 7.80. The molecule has 0 aliphatic heterocycles. The highest BCUT2D eigenvalue weighted by Crippen LogP contribution is 2.10. The van der Waals surface area contributed by atoms with Crippen LogP contribution in [0, 0.1) is 0 Å². The van der Waals surface area contributed by atoms with Gasteiger partial charge < -0.3 is 10.8 Å². The third kappa shape index (κ3) is 2.55. The molecule has 58 valence electrons. The van der Waals surface area contributed by atoms with Crippen molar-refractivity contribution < 1.29 is 5.11 Å². The second kappa shape index (κ2) is 3.34. The van der Waals surface area contributed by atoms with Gasteiger partial charge in [-0.25, -0.2) is 0 Å². The minimum absolute atomic E-state index is 0.249. The predicted octanol–water partition coefficient (Wildman–Crippen LogP) is 1.22. The fourth-order valence-corrected chi connectivity index (χ4v) is 1.03. The molecule has 0 saturated carbocycles. The molecule has 0 aliphatic carbocycles. The summed E-state index contributed by atoms with van der Waals surface area (Å²) in [5, 5.41) is 9.04. The zero-order chi connectivity index (χ0) is 8.27. The van der Waals surface area contributed by atoms with E-state index in [1.165, 1.54) is 0 Å². The van der Waals surface area contributed by atoms with Gasteiger partial charge in [0.2, 0.25) is 0 Å². The van der Waals surface area contributed by atoms with E-state index in [1.54, 1.807) is 18.2 Å². The van der Waals surface area contributed by atoms with Crippen molar-refractivity contribution in [2.45, 2.75) is 6.42 Å². The van der Waals surface area contributed by atoms with Crippen molar-refractivity contribution in [2.24, 2.45) is 5.73 Å². The number of phenols is 1. The van der Waals surface area contributed by atoms with Crippen molar-refractivity contribution >= 4 is 17.2 Å². The first-order valence-electron chi connectivity index (χ1n) is 3.24. The minimum Gasteiger partial charge on any atom is -0.508 e. The summed E-state index contributed by atoms with van der Waals surface area (Å²) in [5.41, 5.74) is 6.27. The molecule has 0 amide bonds. The third-order valence-corrected chi connectivity index (χ3v) is 1.43. The fourth-order valence-electron chi connectivity index (χ4n) is 0.868. The lowest BCUT2D eigenvalue weighted by molar-refractivity contribution is 0.475. The van der Waals surface area contributed by atoms with Gasteiger partial charge in [-0.3, -0.25) is 0 Å². The Balaban J connectivity index is 2.79. The van der Waals surface area contributed by atoms with E-state index in [0.717, 1.165) is 5.56 Å². The van der Waals surface area contributed by atoms with Crippen LogP contribution in [0.15, 0.2) is 24.3 Å². The number of hydrogen-bond acceptors (Lipinski definition) is 2. The molecular formula is C8H9NOS. The largest absolute Gasteiger partial charge is 0.508 e. The van der Waals surface area contributed by atoms with E-state index < -0.39 is 0 Å². The Morgan fingerprint density at radius 2 is 2.27 bits per heavy atom. The smallest absolute Gasteiger partial charge is 0.115 e. The van der Waals surface area contributed by atoms with E-state index in [4.69, 9.17) is 23.1 Å². The van der Waals surface area contributed by atoms with Gasteiger partial charge in [-0.15, -0.1) is 0 Å². The summed E-state index contributed by atoms with van der Waals surface area (Å²) in [6.07, 6.45) is 0.545. The maximum Gasteiger partial charge on any atom is 0.115 e. The van der Waals surface area contributed by atoms with Crippen LogP contribution in [0.25, 0.3) is 0 Å². The molecule has 0 unspecified atom stereocenters. The van der Waals surface area contributed by atoms with Crippen LogP contribution in [0.2, 0.25) is 0 Å². The third-order valence-electron chi connectivity index (χ3n) is 1.29. The first-order valence-corrected chi connectivity index (χ1v) is 3.65.